The van der Waals surface area contributed by atoms with Gasteiger partial charge in [-0.3, -0.25) is 14.7 Å². The van der Waals surface area contributed by atoms with Crippen molar-refractivity contribution in [3.8, 4) is 6.07 Å². The van der Waals surface area contributed by atoms with Gasteiger partial charge in [-0.1, -0.05) is 6.07 Å². The summed E-state index contributed by atoms with van der Waals surface area (Å²) in [5.74, 6) is 0.540. The summed E-state index contributed by atoms with van der Waals surface area (Å²) >= 11 is 0. The van der Waals surface area contributed by atoms with E-state index in [1.54, 1.807) is 6.07 Å². The molecule has 1 saturated carbocycles. The molecule has 2 aromatic rings. The highest BCUT2D eigenvalue weighted by Crippen LogP contribution is 2.38. The fraction of sp³-hybridized carbons (Fsp3) is 0.649. The van der Waals surface area contributed by atoms with Gasteiger partial charge < -0.3 is 19.4 Å². The van der Waals surface area contributed by atoms with Gasteiger partial charge in [-0.2, -0.15) is 5.26 Å². The first-order chi connectivity index (χ1) is 22.7. The third-order valence-electron chi connectivity index (χ3n) is 11.4. The van der Waals surface area contributed by atoms with Gasteiger partial charge >= 0.3 is 6.03 Å². The largest absolute Gasteiger partial charge is 0.379 e. The molecule has 0 bridgehead atoms. The molecule has 47 heavy (non-hydrogen) atoms. The quantitative estimate of drug-likeness (QED) is 0.375. The molecule has 1 unspecified atom stereocenters. The van der Waals surface area contributed by atoms with Crippen molar-refractivity contribution in [2.45, 2.75) is 103 Å². The van der Waals surface area contributed by atoms with Gasteiger partial charge in [-0.05, 0) is 109 Å². The van der Waals surface area contributed by atoms with E-state index in [2.05, 4.69) is 45.7 Å². The van der Waals surface area contributed by atoms with Crippen LogP contribution in [0.1, 0.15) is 104 Å². The van der Waals surface area contributed by atoms with Gasteiger partial charge in [0, 0.05) is 63.7 Å². The summed E-state index contributed by atoms with van der Waals surface area (Å²) in [6, 6.07) is 10.2. The third kappa shape index (κ3) is 7.02. The highest BCUT2D eigenvalue weighted by atomic mass is 16.5. The summed E-state index contributed by atoms with van der Waals surface area (Å²) in [5.41, 5.74) is 3.39. The van der Waals surface area contributed by atoms with Crippen LogP contribution in [0.25, 0.3) is 0 Å². The summed E-state index contributed by atoms with van der Waals surface area (Å²) in [5, 5.41) is 9.26. The Labute approximate surface area is 280 Å². The van der Waals surface area contributed by atoms with Crippen molar-refractivity contribution in [3.63, 3.8) is 0 Å². The molecule has 10 heteroatoms. The highest BCUT2D eigenvalue weighted by Gasteiger charge is 2.46. The minimum atomic E-state index is -0.0199. The van der Waals surface area contributed by atoms with Crippen molar-refractivity contribution in [1.29, 1.82) is 5.26 Å². The topological polar surface area (TPSA) is 106 Å². The summed E-state index contributed by atoms with van der Waals surface area (Å²) in [4.78, 5) is 45.5. The van der Waals surface area contributed by atoms with Crippen molar-refractivity contribution >= 4 is 11.9 Å². The predicted octanol–water partition coefficient (Wildman–Crippen LogP) is 5.50. The van der Waals surface area contributed by atoms with Crippen molar-refractivity contribution < 1.29 is 14.3 Å². The Balaban J connectivity index is 1.07. The Morgan fingerprint density at radius 3 is 2.40 bits per heavy atom. The maximum Gasteiger partial charge on any atom is 0.320 e. The maximum atomic E-state index is 14.1. The van der Waals surface area contributed by atoms with Crippen LogP contribution < -0.4 is 0 Å². The number of aryl methyl sites for hydroxylation is 2. The van der Waals surface area contributed by atoms with E-state index in [-0.39, 0.29) is 29.6 Å². The van der Waals surface area contributed by atoms with Crippen LogP contribution in [0.4, 0.5) is 4.79 Å². The van der Waals surface area contributed by atoms with Gasteiger partial charge in [-0.25, -0.2) is 9.78 Å². The van der Waals surface area contributed by atoms with Crippen LogP contribution in [0.3, 0.4) is 0 Å². The number of likely N-dealkylation sites (tertiary alicyclic amines) is 2. The normalized spacial score (nSPS) is 25.6. The van der Waals surface area contributed by atoms with Crippen molar-refractivity contribution in [3.05, 3.63) is 58.7 Å². The first-order valence-corrected chi connectivity index (χ1v) is 17.7. The zero-order valence-electron chi connectivity index (χ0n) is 28.7. The Morgan fingerprint density at radius 1 is 1.06 bits per heavy atom. The average Bonchev–Trinajstić information content (AvgIpc) is 3.41. The van der Waals surface area contributed by atoms with Crippen molar-refractivity contribution in [1.82, 2.24) is 29.6 Å². The van der Waals surface area contributed by atoms with Crippen LogP contribution in [0.15, 0.2) is 30.5 Å². The van der Waals surface area contributed by atoms with Crippen LogP contribution >= 0.6 is 0 Å². The van der Waals surface area contributed by atoms with E-state index in [4.69, 9.17) is 9.72 Å². The van der Waals surface area contributed by atoms with Gasteiger partial charge in [-0.15, -0.1) is 0 Å². The number of hydrogen-bond acceptors (Lipinski definition) is 7. The SMILES string of the molecule is CCOC1CCC(CN2CC(c3ccccn3)N(C3CCN(C4(C)CCN(C(=O)c5c(C)cc(C#N)nc5C)CC4)CC3)C2=O)CC1. The lowest BCUT2D eigenvalue weighted by Crippen LogP contribution is -2.58. The van der Waals surface area contributed by atoms with Crippen molar-refractivity contribution in [2.24, 2.45) is 5.92 Å². The second kappa shape index (κ2) is 14.3. The van der Waals surface area contributed by atoms with Gasteiger partial charge in [0.2, 0.25) is 0 Å². The Bertz CT molecular complexity index is 1430. The van der Waals surface area contributed by atoms with E-state index >= 15 is 0 Å². The molecule has 3 saturated heterocycles. The summed E-state index contributed by atoms with van der Waals surface area (Å²) in [7, 11) is 0. The number of urea groups is 1. The number of rotatable bonds is 8. The zero-order valence-corrected chi connectivity index (χ0v) is 28.7. The minimum Gasteiger partial charge on any atom is -0.379 e. The Morgan fingerprint density at radius 2 is 1.79 bits per heavy atom. The zero-order chi connectivity index (χ0) is 33.1. The lowest BCUT2D eigenvalue weighted by molar-refractivity contribution is 0.00473. The molecule has 4 fully saturated rings. The molecule has 5 heterocycles. The number of carbonyl (C=O) groups excluding carboxylic acids is 2. The van der Waals surface area contributed by atoms with E-state index < -0.39 is 0 Å². The van der Waals surface area contributed by atoms with Crippen LogP contribution in [-0.4, -0.2) is 105 Å². The summed E-state index contributed by atoms with van der Waals surface area (Å²) in [6.07, 6.45) is 10.3. The third-order valence-corrected chi connectivity index (χ3v) is 11.4. The number of amides is 3. The molecule has 3 aliphatic heterocycles. The number of hydrogen-bond donors (Lipinski definition) is 0. The number of ether oxygens (including phenoxy) is 1. The van der Waals surface area contributed by atoms with Crippen molar-refractivity contribution in [2.75, 3.05) is 45.9 Å². The maximum absolute atomic E-state index is 14.1. The molecule has 3 amide bonds. The fourth-order valence-corrected chi connectivity index (χ4v) is 8.63. The fourth-order valence-electron chi connectivity index (χ4n) is 8.63. The number of carbonyl (C=O) groups is 2. The van der Waals surface area contributed by atoms with E-state index in [9.17, 15) is 14.9 Å². The van der Waals surface area contributed by atoms with Gasteiger partial charge in [0.25, 0.3) is 5.91 Å². The van der Waals surface area contributed by atoms with E-state index in [0.29, 0.717) is 48.6 Å². The first-order valence-electron chi connectivity index (χ1n) is 17.7. The molecule has 252 valence electrons. The Hall–Kier alpha value is -3.55. The molecule has 0 aromatic carbocycles. The Kier molecular flexibility index (Phi) is 10.1. The predicted molar refractivity (Wildman–Crippen MR) is 180 cm³/mol. The van der Waals surface area contributed by atoms with E-state index in [1.807, 2.05) is 37.1 Å². The van der Waals surface area contributed by atoms with Crippen LogP contribution in [-0.2, 0) is 4.74 Å². The molecule has 10 nitrogen and oxygen atoms in total. The molecule has 0 radical (unpaired) electrons. The lowest BCUT2D eigenvalue weighted by atomic mass is 9.85. The number of nitriles is 1. The average molecular weight is 642 g/mol. The molecule has 1 atom stereocenters. The summed E-state index contributed by atoms with van der Waals surface area (Å²) in [6.45, 7) is 13.7. The van der Waals surface area contributed by atoms with Crippen LogP contribution in [0, 0.1) is 31.1 Å². The number of aromatic nitrogens is 2. The van der Waals surface area contributed by atoms with E-state index in [1.165, 1.54) is 0 Å². The highest BCUT2D eigenvalue weighted by molar-refractivity contribution is 5.96. The first kappa shape index (κ1) is 33.4. The molecule has 0 N–H and O–H groups in total. The monoisotopic (exact) mass is 641 g/mol. The molecule has 0 spiro atoms. The number of piperidine rings is 2. The van der Waals surface area contributed by atoms with Crippen LogP contribution in [0.5, 0.6) is 0 Å². The molecule has 6 rings (SSSR count). The number of nitrogens with zero attached hydrogens (tertiary/aromatic N) is 7. The van der Waals surface area contributed by atoms with E-state index in [0.717, 1.165) is 88.9 Å². The van der Waals surface area contributed by atoms with Gasteiger partial charge in [0.15, 0.2) is 0 Å². The standard InChI is InChI=1S/C37H51N7O3/c1-5-47-31-11-9-28(10-12-31)24-42-25-33(32-8-6-7-17-39-32)44(36(42)46)30-13-18-43(19-14-30)37(4)15-20-41(21-16-37)35(45)34-26(2)22-29(23-38)40-27(34)3/h6-8,17,22,28,30-31,33H,5,9-16,18-21,24-25H2,1-4H3. The molecular formula is C37H51N7O3. The van der Waals surface area contributed by atoms with Gasteiger partial charge in [0.05, 0.1) is 29.1 Å². The molecule has 1 aliphatic carbocycles. The molecule has 4 aliphatic rings. The molecule has 2 aromatic heterocycles. The number of pyridine rings is 2. The summed E-state index contributed by atoms with van der Waals surface area (Å²) < 4.78 is 5.87. The lowest BCUT2D eigenvalue weighted by Gasteiger charge is -2.50. The van der Waals surface area contributed by atoms with Crippen LogP contribution in [0.2, 0.25) is 0 Å². The minimum absolute atomic E-state index is 0.0104. The smallest absolute Gasteiger partial charge is 0.320 e. The van der Waals surface area contributed by atoms with Gasteiger partial charge in [0.1, 0.15) is 11.8 Å². The second-order valence-corrected chi connectivity index (χ2v) is 14.4. The second-order valence-electron chi connectivity index (χ2n) is 14.4. The molecular weight excluding hydrogens is 590 g/mol.